The fraction of sp³-hybridized carbons (Fsp3) is 0.571. The predicted octanol–water partition coefficient (Wildman–Crippen LogP) is -3.16. The Morgan fingerprint density at radius 2 is 0.847 bits per heavy atom. The number of carboxylic acid groups (broad SMARTS) is 1. The zero-order valence-electron chi connectivity index (χ0n) is 49.8. The number of phenols is 1. The van der Waals surface area contributed by atoms with Crippen molar-refractivity contribution in [3.63, 3.8) is 0 Å². The van der Waals surface area contributed by atoms with Crippen molar-refractivity contribution in [2.75, 3.05) is 13.1 Å². The summed E-state index contributed by atoms with van der Waals surface area (Å²) in [7, 11) is 0. The molecule has 0 saturated heterocycles. The first-order valence-corrected chi connectivity index (χ1v) is 28.1. The second-order valence-electron chi connectivity index (χ2n) is 21.9. The maximum absolute atomic E-state index is 14.0. The lowest BCUT2D eigenvalue weighted by Crippen LogP contribution is -2.62. The number of aliphatic hydroxyl groups is 1. The van der Waals surface area contributed by atoms with Crippen molar-refractivity contribution in [2.45, 2.75) is 174 Å². The minimum Gasteiger partial charge on any atom is -0.508 e. The smallest absolute Gasteiger partial charge is 0.326 e. The van der Waals surface area contributed by atoms with Crippen molar-refractivity contribution in [1.29, 1.82) is 0 Å². The molecule has 29 nitrogen and oxygen atoms in total. The molecule has 0 radical (unpaired) electrons. The Morgan fingerprint density at radius 1 is 0.459 bits per heavy atom. The Bertz CT molecular complexity index is 2610. The molecule has 0 saturated carbocycles. The van der Waals surface area contributed by atoms with Crippen LogP contribution in [0.15, 0.2) is 64.6 Å². The van der Waals surface area contributed by atoms with Gasteiger partial charge in [0.25, 0.3) is 0 Å². The number of phenolic OH excluding ortho intramolecular Hbond substituents is 1. The molecule has 11 atom stereocenters. The highest BCUT2D eigenvalue weighted by atomic mass is 16.4. The predicted molar refractivity (Wildman–Crippen MR) is 317 cm³/mol. The third kappa shape index (κ3) is 26.7. The molecule has 0 aromatic heterocycles. The van der Waals surface area contributed by atoms with Crippen LogP contribution in [-0.4, -0.2) is 166 Å². The number of guanidine groups is 2. The third-order valence-electron chi connectivity index (χ3n) is 13.2. The number of rotatable bonds is 36. The summed E-state index contributed by atoms with van der Waals surface area (Å²) in [5.74, 6) is -10.6. The highest BCUT2D eigenvalue weighted by Crippen LogP contribution is 2.15. The van der Waals surface area contributed by atoms with E-state index in [-0.39, 0.29) is 75.2 Å². The van der Waals surface area contributed by atoms with Gasteiger partial charge in [0.15, 0.2) is 11.9 Å². The van der Waals surface area contributed by atoms with Crippen LogP contribution >= 0.6 is 0 Å². The minimum atomic E-state index is -1.69. The number of carbonyl (C=O) groups is 10. The maximum Gasteiger partial charge on any atom is 0.326 e. The quantitative estimate of drug-likeness (QED) is 0.0182. The number of aliphatic imine (C=N–C) groups is 2. The summed E-state index contributed by atoms with van der Waals surface area (Å²) >= 11 is 0. The molecule has 2 rings (SSSR count). The van der Waals surface area contributed by atoms with Crippen LogP contribution in [0, 0.1) is 17.8 Å². The van der Waals surface area contributed by atoms with E-state index in [0.717, 1.165) is 0 Å². The number of carboxylic acids is 1. The van der Waals surface area contributed by atoms with Crippen LogP contribution in [0.2, 0.25) is 0 Å². The number of aliphatic carboxylic acids is 1. The average molecular weight is 1200 g/mol. The van der Waals surface area contributed by atoms with Crippen molar-refractivity contribution in [2.24, 2.45) is 56.4 Å². The molecule has 0 bridgehead atoms. The van der Waals surface area contributed by atoms with Crippen LogP contribution in [0.4, 0.5) is 0 Å². The number of benzene rings is 2. The summed E-state index contributed by atoms with van der Waals surface area (Å²) in [5, 5.41) is 53.6. The Kier molecular flexibility index (Phi) is 30.9. The fourth-order valence-corrected chi connectivity index (χ4v) is 8.36. The molecule has 0 heterocycles. The Labute approximate surface area is 495 Å². The van der Waals surface area contributed by atoms with Gasteiger partial charge in [0, 0.05) is 25.9 Å². The number of aliphatic hydroxyl groups excluding tert-OH is 1. The summed E-state index contributed by atoms with van der Waals surface area (Å²) in [5.41, 5.74) is 28.8. The first kappa shape index (κ1) is 72.5. The van der Waals surface area contributed by atoms with Crippen molar-refractivity contribution in [1.82, 2.24) is 47.9 Å². The normalized spacial score (nSPS) is 15.0. The molecular weight excluding hydrogens is 1100 g/mol. The average Bonchev–Trinajstić information content (AvgIpc) is 3.64. The van der Waals surface area contributed by atoms with Crippen LogP contribution in [0.5, 0.6) is 5.75 Å². The Hall–Kier alpha value is -8.60. The molecule has 0 aliphatic carbocycles. The van der Waals surface area contributed by atoms with Gasteiger partial charge in [0.2, 0.25) is 53.2 Å². The standard InChI is InChI=1S/C56H90N16O13/c1-28(2)25-39(68-49(79)40(27-35-19-21-36(74)22-20-35)67-47(77)37(57)17-13-23-62-55(58)59)50(80)72-44(33(9)73)53(83)71-42(29(3)4)51(81)65-31(7)45(75)64-32(8)46(76)70-43(30(5)6)52(82)69-41(26-34-15-11-10-12-16-34)48(78)66-38(54(84)85)18-14-24-63-56(60)61/h10-12,15-16,19-22,28-33,37-44,73-74H,13-14,17-18,23-27,57H2,1-9H3,(H,64,75)(H,65,81)(H,66,78)(H,67,77)(H,68,79)(H,69,82)(H,70,76)(H,71,83)(H,72,80)(H,84,85)(H4,58,59,62)(H4,60,61,63)/t31-,32-,33+,37-,38-,39-,40-,41-,42-,43-,44-/m0/s1. The zero-order valence-corrected chi connectivity index (χ0v) is 49.8. The summed E-state index contributed by atoms with van der Waals surface area (Å²) < 4.78 is 0. The van der Waals surface area contributed by atoms with Gasteiger partial charge in [-0.2, -0.15) is 0 Å². The lowest BCUT2D eigenvalue weighted by atomic mass is 9.99. The lowest BCUT2D eigenvalue weighted by Gasteiger charge is -2.29. The van der Waals surface area contributed by atoms with Crippen LogP contribution in [-0.2, 0) is 60.8 Å². The van der Waals surface area contributed by atoms with Crippen LogP contribution in [0.25, 0.3) is 0 Å². The van der Waals surface area contributed by atoms with Gasteiger partial charge in [-0.1, -0.05) is 84.0 Å². The first-order chi connectivity index (χ1) is 39.8. The van der Waals surface area contributed by atoms with Gasteiger partial charge in [-0.15, -0.1) is 0 Å². The Balaban J connectivity index is 2.21. The number of nitrogens with one attached hydrogen (secondary N) is 9. The number of amides is 9. The molecule has 2 aromatic rings. The zero-order chi connectivity index (χ0) is 64.2. The van der Waals surface area contributed by atoms with E-state index in [4.69, 9.17) is 28.7 Å². The highest BCUT2D eigenvalue weighted by molar-refractivity contribution is 5.98. The number of carbonyl (C=O) groups excluding carboxylic acids is 9. The van der Waals surface area contributed by atoms with Gasteiger partial charge >= 0.3 is 5.97 Å². The number of aromatic hydroxyl groups is 1. The molecule has 22 N–H and O–H groups in total. The molecule has 0 aliphatic rings. The highest BCUT2D eigenvalue weighted by Gasteiger charge is 2.37. The molecular formula is C56H90N16O13. The van der Waals surface area contributed by atoms with Gasteiger partial charge in [0.1, 0.15) is 60.1 Å². The van der Waals surface area contributed by atoms with E-state index >= 15 is 0 Å². The molecule has 85 heavy (non-hydrogen) atoms. The first-order valence-electron chi connectivity index (χ1n) is 28.1. The molecule has 9 amide bonds. The van der Waals surface area contributed by atoms with Gasteiger partial charge in [0.05, 0.1) is 12.1 Å². The van der Waals surface area contributed by atoms with E-state index in [1.807, 2.05) is 0 Å². The molecule has 0 fully saturated rings. The monoisotopic (exact) mass is 1190 g/mol. The SMILES string of the molecule is CC(C)C[C@H](NC(=O)[C@H](Cc1ccc(O)cc1)NC(=O)[C@@H](N)CCCN=C(N)N)C(=O)N[C@H](C(=O)N[C@H](C(=O)N[C@@H](C)C(=O)N[C@@H](C)C(=O)N[C@H](C(=O)N[C@@H](Cc1ccccc1)C(=O)N[C@@H](CCCN=C(N)N)C(=O)O)C(C)C)C(C)C)[C@@H](C)O. The maximum atomic E-state index is 14.0. The number of nitrogens with zero attached hydrogens (tertiary/aromatic N) is 2. The number of hydrogen-bond donors (Lipinski definition) is 17. The number of nitrogens with two attached hydrogens (primary N) is 5. The molecule has 0 aliphatic heterocycles. The van der Waals surface area contributed by atoms with E-state index in [1.165, 1.54) is 32.9 Å². The van der Waals surface area contributed by atoms with E-state index < -0.39 is 137 Å². The van der Waals surface area contributed by atoms with Crippen LogP contribution in [0.3, 0.4) is 0 Å². The van der Waals surface area contributed by atoms with Crippen molar-refractivity contribution >= 4 is 71.1 Å². The minimum absolute atomic E-state index is 0.0279. The molecule has 29 heteroatoms. The van der Waals surface area contributed by atoms with Crippen molar-refractivity contribution in [3.8, 4) is 5.75 Å². The topological polar surface area (TPSA) is 494 Å². The largest absolute Gasteiger partial charge is 0.508 e. The molecule has 2 aromatic carbocycles. The van der Waals surface area contributed by atoms with E-state index in [2.05, 4.69) is 57.8 Å². The van der Waals surface area contributed by atoms with Crippen molar-refractivity contribution in [3.05, 3.63) is 65.7 Å². The second kappa shape index (κ2) is 36.2. The Morgan fingerprint density at radius 3 is 1.32 bits per heavy atom. The fourth-order valence-electron chi connectivity index (χ4n) is 8.36. The molecule has 0 unspecified atom stereocenters. The number of hydrogen-bond acceptors (Lipinski definition) is 15. The van der Waals surface area contributed by atoms with Gasteiger partial charge in [-0.3, -0.25) is 53.1 Å². The summed E-state index contributed by atoms with van der Waals surface area (Å²) in [6, 6.07) is 1.19. The second-order valence-corrected chi connectivity index (χ2v) is 21.9. The summed E-state index contributed by atoms with van der Waals surface area (Å²) in [4.78, 5) is 144. The van der Waals surface area contributed by atoms with E-state index in [1.54, 1.807) is 84.0 Å². The van der Waals surface area contributed by atoms with Gasteiger partial charge < -0.3 is 91.8 Å². The summed E-state index contributed by atoms with van der Waals surface area (Å²) in [6.45, 7) is 14.1. The molecule has 472 valence electrons. The summed E-state index contributed by atoms with van der Waals surface area (Å²) in [6.07, 6.45) is -0.984. The van der Waals surface area contributed by atoms with Gasteiger partial charge in [-0.05, 0) is 93.9 Å². The van der Waals surface area contributed by atoms with Gasteiger partial charge in [-0.25, -0.2) is 4.79 Å². The van der Waals surface area contributed by atoms with Crippen LogP contribution < -0.4 is 76.5 Å². The third-order valence-corrected chi connectivity index (χ3v) is 13.2. The van der Waals surface area contributed by atoms with Crippen molar-refractivity contribution < 1.29 is 63.3 Å². The molecule has 0 spiro atoms. The van der Waals surface area contributed by atoms with Crippen LogP contribution in [0.1, 0.15) is 106 Å². The lowest BCUT2D eigenvalue weighted by molar-refractivity contribution is -0.142. The van der Waals surface area contributed by atoms with E-state index in [0.29, 0.717) is 17.5 Å². The van der Waals surface area contributed by atoms with E-state index in [9.17, 15) is 63.3 Å².